The molecule has 0 aromatic heterocycles. The number of ether oxygens (including phenoxy) is 2. The van der Waals surface area contributed by atoms with Crippen LogP contribution in [0, 0.1) is 0 Å². The Hall–Kier alpha value is -1.44. The average Bonchev–Trinajstić information content (AvgIpc) is 2.25. The zero-order chi connectivity index (χ0) is 15.6. The van der Waals surface area contributed by atoms with Gasteiger partial charge in [-0.15, -0.1) is 0 Å². The van der Waals surface area contributed by atoms with Gasteiger partial charge in [-0.2, -0.15) is 0 Å². The fraction of sp³-hybridized carbons (Fsp3) is 0.833. The lowest BCUT2D eigenvalue weighted by Crippen LogP contribution is -2.58. The first-order valence-corrected chi connectivity index (χ1v) is 6.20. The Morgan fingerprint density at radius 2 is 2.00 bits per heavy atom. The van der Waals surface area contributed by atoms with E-state index < -0.39 is 42.7 Å². The number of amides is 1. The van der Waals surface area contributed by atoms with Crippen LogP contribution in [0.1, 0.15) is 27.2 Å². The van der Waals surface area contributed by atoms with Crippen molar-refractivity contribution < 1.29 is 33.0 Å². The van der Waals surface area contributed by atoms with Crippen molar-refractivity contribution in [3.8, 4) is 0 Å². The number of hydrogen-bond acceptors (Lipinski definition) is 4. The molecule has 6 nitrogen and oxygen atoms in total. The number of alkyl halides is 2. The van der Waals surface area contributed by atoms with Crippen molar-refractivity contribution in [2.75, 3.05) is 19.8 Å². The van der Waals surface area contributed by atoms with E-state index in [0.29, 0.717) is 0 Å². The lowest BCUT2D eigenvalue weighted by atomic mass is 10.0. The summed E-state index contributed by atoms with van der Waals surface area (Å²) in [5.74, 6) is -5.21. The van der Waals surface area contributed by atoms with Gasteiger partial charge in [-0.25, -0.2) is 13.6 Å². The highest BCUT2D eigenvalue weighted by molar-refractivity contribution is 5.70. The van der Waals surface area contributed by atoms with Crippen molar-refractivity contribution in [3.05, 3.63) is 0 Å². The molecular weight excluding hydrogens is 276 g/mol. The topological polar surface area (TPSA) is 76.1 Å². The Kier molecular flexibility index (Phi) is 4.90. The Labute approximate surface area is 115 Å². The number of carboxylic acids is 1. The highest BCUT2D eigenvalue weighted by atomic mass is 19.3. The predicted octanol–water partition coefficient (Wildman–Crippen LogP) is 1.73. The maximum absolute atomic E-state index is 13.9. The van der Waals surface area contributed by atoms with Gasteiger partial charge in [-0.1, -0.05) is 0 Å². The van der Waals surface area contributed by atoms with Crippen molar-refractivity contribution in [1.29, 1.82) is 0 Å². The molecule has 1 atom stereocenters. The van der Waals surface area contributed by atoms with Crippen LogP contribution in [0.5, 0.6) is 0 Å². The Balaban J connectivity index is 2.86. The summed E-state index contributed by atoms with van der Waals surface area (Å²) in [4.78, 5) is 23.3. The van der Waals surface area contributed by atoms with Gasteiger partial charge in [-0.3, -0.25) is 9.69 Å². The molecular formula is C12H19F2NO5. The van der Waals surface area contributed by atoms with Gasteiger partial charge in [0.1, 0.15) is 18.1 Å². The highest BCUT2D eigenvalue weighted by Gasteiger charge is 2.49. The van der Waals surface area contributed by atoms with Crippen LogP contribution in [0.3, 0.4) is 0 Å². The summed E-state index contributed by atoms with van der Waals surface area (Å²) in [5, 5.41) is 8.54. The number of carboxylic acid groups (broad SMARTS) is 1. The van der Waals surface area contributed by atoms with E-state index in [1.807, 2.05) is 0 Å². The normalized spacial score (nSPS) is 20.6. The predicted molar refractivity (Wildman–Crippen MR) is 64.7 cm³/mol. The third-order valence-electron chi connectivity index (χ3n) is 2.63. The molecule has 1 rings (SSSR count). The van der Waals surface area contributed by atoms with E-state index in [2.05, 4.69) is 0 Å². The number of rotatable bonds is 3. The molecule has 0 aromatic carbocycles. The van der Waals surface area contributed by atoms with Crippen LogP contribution in [0.2, 0.25) is 0 Å². The minimum Gasteiger partial charge on any atom is -0.481 e. The van der Waals surface area contributed by atoms with E-state index >= 15 is 0 Å². The molecule has 1 N–H and O–H groups in total. The van der Waals surface area contributed by atoms with Gasteiger partial charge in [0.2, 0.25) is 0 Å². The van der Waals surface area contributed by atoms with Crippen molar-refractivity contribution in [3.63, 3.8) is 0 Å². The van der Waals surface area contributed by atoms with Crippen LogP contribution in [0.25, 0.3) is 0 Å². The highest BCUT2D eigenvalue weighted by Crippen LogP contribution is 2.30. The van der Waals surface area contributed by atoms with Crippen LogP contribution in [-0.2, 0) is 14.3 Å². The second-order valence-electron chi connectivity index (χ2n) is 5.60. The summed E-state index contributed by atoms with van der Waals surface area (Å²) in [5.41, 5.74) is -0.817. The number of aliphatic carboxylic acids is 1. The lowest BCUT2D eigenvalue weighted by Gasteiger charge is -2.39. The van der Waals surface area contributed by atoms with Crippen LogP contribution in [-0.4, -0.2) is 59.4 Å². The summed E-state index contributed by atoms with van der Waals surface area (Å²) in [7, 11) is 0. The van der Waals surface area contributed by atoms with Crippen LogP contribution in [0.4, 0.5) is 13.6 Å². The third-order valence-corrected chi connectivity index (χ3v) is 2.63. The molecule has 0 saturated carbocycles. The zero-order valence-corrected chi connectivity index (χ0v) is 11.7. The zero-order valence-electron chi connectivity index (χ0n) is 11.7. The molecule has 1 aliphatic rings. The number of carbonyl (C=O) groups excluding carboxylic acids is 1. The van der Waals surface area contributed by atoms with E-state index in [4.69, 9.17) is 14.6 Å². The fourth-order valence-corrected chi connectivity index (χ4v) is 1.81. The molecule has 116 valence electrons. The van der Waals surface area contributed by atoms with Gasteiger partial charge in [0.25, 0.3) is 5.92 Å². The molecule has 8 heteroatoms. The standard InChI is InChI=1S/C12H19F2NO5/c1-11(2,3)20-10(18)15-4-5-19-7-8(15)12(13,14)6-9(16)17/h8H,4-7H2,1-3H3,(H,16,17). The number of nitrogens with zero attached hydrogens (tertiary/aromatic N) is 1. The summed E-state index contributed by atoms with van der Waals surface area (Å²) in [6.07, 6.45) is -2.25. The molecule has 1 unspecified atom stereocenters. The first kappa shape index (κ1) is 16.6. The largest absolute Gasteiger partial charge is 0.481 e. The SMILES string of the molecule is CC(C)(C)OC(=O)N1CCOCC1C(F)(F)CC(=O)O. The van der Waals surface area contributed by atoms with Crippen LogP contribution >= 0.6 is 0 Å². The van der Waals surface area contributed by atoms with Gasteiger partial charge >= 0.3 is 12.1 Å². The van der Waals surface area contributed by atoms with Crippen molar-refractivity contribution >= 4 is 12.1 Å². The molecule has 20 heavy (non-hydrogen) atoms. The summed E-state index contributed by atoms with van der Waals surface area (Å²) < 4.78 is 37.8. The van der Waals surface area contributed by atoms with Crippen LogP contribution < -0.4 is 0 Å². The van der Waals surface area contributed by atoms with Gasteiger partial charge in [0, 0.05) is 6.54 Å². The number of hydrogen-bond donors (Lipinski definition) is 1. The Bertz CT molecular complexity index is 381. The van der Waals surface area contributed by atoms with Crippen molar-refractivity contribution in [1.82, 2.24) is 4.90 Å². The van der Waals surface area contributed by atoms with Gasteiger partial charge in [0.05, 0.1) is 13.2 Å². The molecule has 1 aliphatic heterocycles. The third kappa shape index (κ3) is 4.59. The first-order chi connectivity index (χ1) is 9.03. The van der Waals surface area contributed by atoms with Gasteiger partial charge in [0.15, 0.2) is 0 Å². The maximum atomic E-state index is 13.9. The quantitative estimate of drug-likeness (QED) is 0.858. The fourth-order valence-electron chi connectivity index (χ4n) is 1.81. The average molecular weight is 295 g/mol. The van der Waals surface area contributed by atoms with E-state index in [0.717, 1.165) is 4.90 Å². The van der Waals surface area contributed by atoms with E-state index in [1.54, 1.807) is 20.8 Å². The molecule has 0 spiro atoms. The number of carbonyl (C=O) groups is 2. The molecule has 1 amide bonds. The maximum Gasteiger partial charge on any atom is 0.410 e. The molecule has 1 saturated heterocycles. The minimum absolute atomic E-state index is 0.0607. The van der Waals surface area contributed by atoms with Gasteiger partial charge < -0.3 is 14.6 Å². The molecule has 1 heterocycles. The Morgan fingerprint density at radius 1 is 1.40 bits per heavy atom. The summed E-state index contributed by atoms with van der Waals surface area (Å²) >= 11 is 0. The Morgan fingerprint density at radius 3 is 2.50 bits per heavy atom. The van der Waals surface area contributed by atoms with Crippen molar-refractivity contribution in [2.24, 2.45) is 0 Å². The molecule has 0 bridgehead atoms. The van der Waals surface area contributed by atoms with Crippen molar-refractivity contribution in [2.45, 2.75) is 44.8 Å². The molecule has 1 fully saturated rings. The monoisotopic (exact) mass is 295 g/mol. The van der Waals surface area contributed by atoms with E-state index in [9.17, 15) is 18.4 Å². The molecule has 0 aliphatic carbocycles. The number of morpholine rings is 1. The van der Waals surface area contributed by atoms with Crippen LogP contribution in [0.15, 0.2) is 0 Å². The summed E-state index contributed by atoms with van der Waals surface area (Å²) in [6, 6.07) is -1.64. The minimum atomic E-state index is -3.58. The van der Waals surface area contributed by atoms with Gasteiger partial charge in [-0.05, 0) is 20.8 Å². The summed E-state index contributed by atoms with van der Waals surface area (Å²) in [6.45, 7) is 4.49. The van der Waals surface area contributed by atoms with E-state index in [-0.39, 0.29) is 13.2 Å². The first-order valence-electron chi connectivity index (χ1n) is 6.20. The van der Waals surface area contributed by atoms with E-state index in [1.165, 1.54) is 0 Å². The smallest absolute Gasteiger partial charge is 0.410 e. The number of halogens is 2. The second kappa shape index (κ2) is 5.90. The molecule has 0 radical (unpaired) electrons. The second-order valence-corrected chi connectivity index (χ2v) is 5.60. The molecule has 0 aromatic rings. The lowest BCUT2D eigenvalue weighted by molar-refractivity contribution is -0.161.